The van der Waals surface area contributed by atoms with E-state index in [9.17, 15) is 0 Å². The molecule has 0 aliphatic heterocycles. The van der Waals surface area contributed by atoms with Crippen molar-refractivity contribution in [3.8, 4) is 0 Å². The van der Waals surface area contributed by atoms with E-state index < -0.39 is 0 Å². The first-order valence-corrected chi connectivity index (χ1v) is 8.04. The molecule has 0 saturated heterocycles. The number of aromatic nitrogens is 3. The molecule has 3 rings (SSSR count). The van der Waals surface area contributed by atoms with Crippen LogP contribution in [-0.4, -0.2) is 9.78 Å². The van der Waals surface area contributed by atoms with Gasteiger partial charge in [-0.3, -0.25) is 0 Å². The van der Waals surface area contributed by atoms with Crippen molar-refractivity contribution in [1.82, 2.24) is 9.78 Å². The van der Waals surface area contributed by atoms with Gasteiger partial charge in [-0.25, -0.2) is 4.57 Å². The van der Waals surface area contributed by atoms with E-state index >= 15 is 0 Å². The fourth-order valence-electron chi connectivity index (χ4n) is 3.25. The Hall–Kier alpha value is -2.42. The van der Waals surface area contributed by atoms with Gasteiger partial charge in [0.2, 0.25) is 6.33 Å². The van der Waals surface area contributed by atoms with Crippen LogP contribution in [0.1, 0.15) is 33.4 Å². The summed E-state index contributed by atoms with van der Waals surface area (Å²) in [6.07, 6.45) is 3.98. The van der Waals surface area contributed by atoms with E-state index in [1.807, 2.05) is 11.0 Å². The van der Waals surface area contributed by atoms with E-state index in [0.717, 1.165) is 13.1 Å². The van der Waals surface area contributed by atoms with Crippen LogP contribution in [0, 0.1) is 27.7 Å². The predicted molar refractivity (Wildman–Crippen MR) is 92.5 cm³/mol. The Balaban J connectivity index is 1.75. The highest BCUT2D eigenvalue weighted by atomic mass is 15.3. The van der Waals surface area contributed by atoms with Crippen LogP contribution in [0.2, 0.25) is 0 Å². The molecule has 3 aromatic rings. The first kappa shape index (κ1) is 15.5. The lowest BCUT2D eigenvalue weighted by Crippen LogP contribution is -2.31. The second kappa shape index (κ2) is 6.37. The van der Waals surface area contributed by atoms with Crippen molar-refractivity contribution in [1.29, 1.82) is 0 Å². The van der Waals surface area contributed by atoms with Crippen molar-refractivity contribution in [3.05, 3.63) is 82.4 Å². The van der Waals surface area contributed by atoms with Crippen molar-refractivity contribution in [2.75, 3.05) is 0 Å². The minimum atomic E-state index is 0.808. The third kappa shape index (κ3) is 4.07. The molecule has 0 saturated carbocycles. The van der Waals surface area contributed by atoms with Gasteiger partial charge in [-0.1, -0.05) is 58.7 Å². The molecule has 2 aromatic carbocycles. The lowest BCUT2D eigenvalue weighted by Gasteiger charge is -2.03. The second-order valence-corrected chi connectivity index (χ2v) is 6.61. The van der Waals surface area contributed by atoms with Crippen molar-refractivity contribution in [2.24, 2.45) is 0 Å². The molecular formula is C20H24N3+. The minimum absolute atomic E-state index is 0.808. The Kier molecular flexibility index (Phi) is 4.28. The number of aryl methyl sites for hydroxylation is 4. The Morgan fingerprint density at radius 2 is 1.30 bits per heavy atom. The topological polar surface area (TPSA) is 21.7 Å². The molecule has 0 aliphatic rings. The van der Waals surface area contributed by atoms with Crippen LogP contribution in [0.5, 0.6) is 0 Å². The Bertz CT molecular complexity index is 722. The van der Waals surface area contributed by atoms with Gasteiger partial charge in [0.1, 0.15) is 6.54 Å². The van der Waals surface area contributed by atoms with Crippen molar-refractivity contribution in [2.45, 2.75) is 40.8 Å². The highest BCUT2D eigenvalue weighted by Gasteiger charge is 2.08. The molecule has 1 heterocycles. The molecule has 0 bridgehead atoms. The maximum absolute atomic E-state index is 4.49. The fourth-order valence-corrected chi connectivity index (χ4v) is 3.25. The maximum atomic E-state index is 4.49. The number of nitrogens with zero attached hydrogens (tertiary/aromatic N) is 3. The molecule has 3 heteroatoms. The summed E-state index contributed by atoms with van der Waals surface area (Å²) in [7, 11) is 0. The summed E-state index contributed by atoms with van der Waals surface area (Å²) in [6.45, 7) is 10.2. The van der Waals surface area contributed by atoms with E-state index in [1.165, 1.54) is 33.4 Å². The lowest BCUT2D eigenvalue weighted by molar-refractivity contribution is -0.689. The molecule has 0 aliphatic carbocycles. The number of hydrogen-bond donors (Lipinski definition) is 0. The highest BCUT2D eigenvalue weighted by molar-refractivity contribution is 5.29. The summed E-state index contributed by atoms with van der Waals surface area (Å²) >= 11 is 0. The number of hydrogen-bond acceptors (Lipinski definition) is 1. The third-order valence-electron chi connectivity index (χ3n) is 3.90. The average molecular weight is 306 g/mol. The quantitative estimate of drug-likeness (QED) is 0.676. The smallest absolute Gasteiger partial charge is 0.233 e. The predicted octanol–water partition coefficient (Wildman–Crippen LogP) is 3.50. The molecule has 0 fully saturated rings. The van der Waals surface area contributed by atoms with Gasteiger partial charge in [0.15, 0.2) is 0 Å². The van der Waals surface area contributed by atoms with E-state index in [0.29, 0.717) is 0 Å². The summed E-state index contributed by atoms with van der Waals surface area (Å²) in [5.41, 5.74) is 7.83. The van der Waals surface area contributed by atoms with Gasteiger partial charge in [0, 0.05) is 5.10 Å². The molecule has 0 unspecified atom stereocenters. The highest BCUT2D eigenvalue weighted by Crippen LogP contribution is 2.10. The van der Waals surface area contributed by atoms with Crippen LogP contribution in [0.4, 0.5) is 0 Å². The van der Waals surface area contributed by atoms with E-state index in [1.54, 1.807) is 0 Å². The molecule has 0 atom stereocenters. The zero-order chi connectivity index (χ0) is 16.4. The summed E-state index contributed by atoms with van der Waals surface area (Å²) in [6, 6.07) is 13.3. The van der Waals surface area contributed by atoms with Gasteiger partial charge in [-0.05, 0) is 38.8 Å². The molecule has 23 heavy (non-hydrogen) atoms. The lowest BCUT2D eigenvalue weighted by atomic mass is 10.1. The van der Waals surface area contributed by atoms with Gasteiger partial charge >= 0.3 is 0 Å². The molecule has 0 amide bonds. The van der Waals surface area contributed by atoms with Crippen molar-refractivity contribution < 1.29 is 4.57 Å². The summed E-state index contributed by atoms with van der Waals surface area (Å²) in [5.74, 6) is 0. The first-order chi connectivity index (χ1) is 11.0. The summed E-state index contributed by atoms with van der Waals surface area (Å²) in [5, 5.41) is 4.49. The standard InChI is InChI=1S/C20H24N3/c1-15-5-16(2)8-19(7-15)11-22-13-21-23(14-22)12-20-9-17(3)6-18(4)10-20/h5-10,13-14H,11-12H2,1-4H3/q+1. The van der Waals surface area contributed by atoms with Gasteiger partial charge in [0.05, 0.1) is 6.54 Å². The maximum Gasteiger partial charge on any atom is 0.265 e. The third-order valence-corrected chi connectivity index (χ3v) is 3.90. The van der Waals surface area contributed by atoms with Gasteiger partial charge in [-0.2, -0.15) is 0 Å². The SMILES string of the molecule is Cc1cc(C)cc(Cn2c[n+](Cc3cc(C)cc(C)c3)cn2)c1. The van der Waals surface area contributed by atoms with Gasteiger partial charge < -0.3 is 0 Å². The Labute approximate surface area is 138 Å². The van der Waals surface area contributed by atoms with E-state index in [2.05, 4.69) is 80.1 Å². The molecular weight excluding hydrogens is 282 g/mol. The Morgan fingerprint density at radius 1 is 0.783 bits per heavy atom. The number of rotatable bonds is 4. The monoisotopic (exact) mass is 306 g/mol. The molecule has 1 aromatic heterocycles. The van der Waals surface area contributed by atoms with Crippen LogP contribution < -0.4 is 4.57 Å². The largest absolute Gasteiger partial charge is 0.265 e. The first-order valence-electron chi connectivity index (χ1n) is 8.04. The normalized spacial score (nSPS) is 11.0. The Morgan fingerprint density at radius 3 is 1.87 bits per heavy atom. The fraction of sp³-hybridized carbons (Fsp3) is 0.300. The van der Waals surface area contributed by atoms with Crippen molar-refractivity contribution >= 4 is 0 Å². The van der Waals surface area contributed by atoms with Crippen LogP contribution in [0.15, 0.2) is 49.1 Å². The van der Waals surface area contributed by atoms with Gasteiger partial charge in [0.25, 0.3) is 6.33 Å². The molecule has 118 valence electrons. The van der Waals surface area contributed by atoms with Crippen LogP contribution in [-0.2, 0) is 13.1 Å². The zero-order valence-corrected chi connectivity index (χ0v) is 14.4. The molecule has 3 nitrogen and oxygen atoms in total. The minimum Gasteiger partial charge on any atom is -0.233 e. The van der Waals surface area contributed by atoms with Crippen LogP contribution >= 0.6 is 0 Å². The summed E-state index contributed by atoms with van der Waals surface area (Å²) < 4.78 is 4.13. The molecule has 0 radical (unpaired) electrons. The molecule has 0 N–H and O–H groups in total. The average Bonchev–Trinajstić information content (AvgIpc) is 2.83. The summed E-state index contributed by atoms with van der Waals surface area (Å²) in [4.78, 5) is 0. The van der Waals surface area contributed by atoms with Gasteiger partial charge in [-0.15, -0.1) is 4.68 Å². The van der Waals surface area contributed by atoms with Crippen LogP contribution in [0.25, 0.3) is 0 Å². The number of benzene rings is 2. The van der Waals surface area contributed by atoms with Crippen LogP contribution in [0.3, 0.4) is 0 Å². The second-order valence-electron chi connectivity index (χ2n) is 6.61. The van der Waals surface area contributed by atoms with E-state index in [4.69, 9.17) is 0 Å². The molecule has 0 spiro atoms. The van der Waals surface area contributed by atoms with Crippen molar-refractivity contribution in [3.63, 3.8) is 0 Å². The van der Waals surface area contributed by atoms with E-state index in [-0.39, 0.29) is 0 Å². The zero-order valence-electron chi connectivity index (χ0n) is 14.4.